The Morgan fingerprint density at radius 3 is 2.92 bits per heavy atom. The smallest absolute Gasteiger partial charge is 0.246 e. The average molecular weight is 487 g/mol. The Balaban J connectivity index is 1.38. The molecule has 2 aliphatic carbocycles. The van der Waals surface area contributed by atoms with E-state index in [1.54, 1.807) is 17.0 Å². The van der Waals surface area contributed by atoms with Crippen molar-refractivity contribution in [2.24, 2.45) is 0 Å². The molecule has 1 amide bonds. The van der Waals surface area contributed by atoms with Gasteiger partial charge >= 0.3 is 0 Å². The first kappa shape index (κ1) is 23.3. The van der Waals surface area contributed by atoms with Gasteiger partial charge in [0, 0.05) is 31.3 Å². The molecule has 36 heavy (non-hydrogen) atoms. The number of hydrogen-bond donors (Lipinski definition) is 2. The van der Waals surface area contributed by atoms with E-state index in [0.717, 1.165) is 35.3 Å². The molecule has 2 bridgehead atoms. The SMILES string of the molecule is C=CCN1CC[C@]23c4c5ccc(O)c4O[C@H]2[C@H](N(C)C(=O)C=Cc2cccc(C)c2)CC[C@@]3(O)[C@H]1C5. The zero-order chi connectivity index (χ0) is 25.2. The summed E-state index contributed by atoms with van der Waals surface area (Å²) in [6.07, 6.45) is 7.57. The van der Waals surface area contributed by atoms with Gasteiger partial charge in [0.25, 0.3) is 0 Å². The third-order valence-electron chi connectivity index (χ3n) is 9.21. The van der Waals surface area contributed by atoms with E-state index >= 15 is 0 Å². The third-order valence-corrected chi connectivity index (χ3v) is 9.21. The summed E-state index contributed by atoms with van der Waals surface area (Å²) in [6.45, 7) is 7.50. The molecule has 2 N–H and O–H groups in total. The van der Waals surface area contributed by atoms with Crippen LogP contribution < -0.4 is 4.74 Å². The van der Waals surface area contributed by atoms with Crippen molar-refractivity contribution < 1.29 is 19.7 Å². The highest BCUT2D eigenvalue weighted by Crippen LogP contribution is 2.65. The maximum atomic E-state index is 13.3. The molecule has 0 unspecified atom stereocenters. The number of benzene rings is 2. The van der Waals surface area contributed by atoms with Gasteiger partial charge in [0.1, 0.15) is 6.10 Å². The highest BCUT2D eigenvalue weighted by Gasteiger charge is 2.73. The Hall–Kier alpha value is -3.09. The first-order valence-electron chi connectivity index (χ1n) is 12.9. The van der Waals surface area contributed by atoms with Crippen molar-refractivity contribution in [2.75, 3.05) is 20.1 Å². The predicted molar refractivity (Wildman–Crippen MR) is 139 cm³/mol. The molecule has 1 saturated heterocycles. The Morgan fingerprint density at radius 2 is 2.14 bits per heavy atom. The van der Waals surface area contributed by atoms with Crippen LogP contribution in [0.3, 0.4) is 0 Å². The number of rotatable bonds is 5. The summed E-state index contributed by atoms with van der Waals surface area (Å²) in [5.74, 6) is 0.511. The van der Waals surface area contributed by atoms with E-state index in [-0.39, 0.29) is 23.7 Å². The molecule has 2 aromatic carbocycles. The molecule has 6 rings (SSSR count). The van der Waals surface area contributed by atoms with Gasteiger partial charge in [0.15, 0.2) is 11.5 Å². The quantitative estimate of drug-likeness (QED) is 0.499. The van der Waals surface area contributed by atoms with Gasteiger partial charge in [0.05, 0.1) is 17.1 Å². The number of amides is 1. The number of nitrogens with zero attached hydrogens (tertiary/aromatic N) is 2. The molecule has 6 heteroatoms. The van der Waals surface area contributed by atoms with Crippen LogP contribution in [-0.2, 0) is 16.6 Å². The van der Waals surface area contributed by atoms with Gasteiger partial charge in [-0.2, -0.15) is 0 Å². The Morgan fingerprint density at radius 1 is 1.31 bits per heavy atom. The van der Waals surface area contributed by atoms with Crippen molar-refractivity contribution in [1.29, 1.82) is 0 Å². The monoisotopic (exact) mass is 486 g/mol. The minimum absolute atomic E-state index is 0.0542. The molecule has 1 saturated carbocycles. The number of likely N-dealkylation sites (tertiary alicyclic amines) is 1. The van der Waals surface area contributed by atoms with Crippen LogP contribution in [0.2, 0.25) is 0 Å². The lowest BCUT2D eigenvalue weighted by atomic mass is 9.48. The fraction of sp³-hybridized carbons (Fsp3) is 0.433. The van der Waals surface area contributed by atoms with E-state index in [2.05, 4.69) is 11.5 Å². The van der Waals surface area contributed by atoms with Crippen LogP contribution in [0.5, 0.6) is 11.5 Å². The first-order chi connectivity index (χ1) is 17.3. The molecule has 0 radical (unpaired) electrons. The zero-order valence-corrected chi connectivity index (χ0v) is 21.0. The Labute approximate surface area is 212 Å². The lowest BCUT2D eigenvalue weighted by Gasteiger charge is -2.64. The highest BCUT2D eigenvalue weighted by molar-refractivity contribution is 5.92. The Kier molecular flexibility index (Phi) is 5.32. The van der Waals surface area contributed by atoms with Gasteiger partial charge < -0.3 is 19.8 Å². The van der Waals surface area contributed by atoms with Crippen molar-refractivity contribution in [1.82, 2.24) is 9.80 Å². The molecule has 2 aromatic rings. The number of aromatic hydroxyl groups is 1. The lowest BCUT2D eigenvalue weighted by molar-refractivity contribution is -0.198. The number of carbonyl (C=O) groups is 1. The van der Waals surface area contributed by atoms with Crippen LogP contribution in [0.1, 0.15) is 41.5 Å². The molecule has 2 fully saturated rings. The van der Waals surface area contributed by atoms with Gasteiger partial charge in [0.2, 0.25) is 5.91 Å². The normalized spacial score (nSPS) is 32.1. The first-order valence-corrected chi connectivity index (χ1v) is 12.9. The van der Waals surface area contributed by atoms with Crippen LogP contribution in [0.25, 0.3) is 6.08 Å². The van der Waals surface area contributed by atoms with Crippen molar-refractivity contribution in [3.63, 3.8) is 0 Å². The van der Waals surface area contributed by atoms with Crippen LogP contribution in [0.15, 0.2) is 55.1 Å². The number of ether oxygens (including phenoxy) is 1. The molecule has 188 valence electrons. The molecular weight excluding hydrogens is 452 g/mol. The zero-order valence-electron chi connectivity index (χ0n) is 21.0. The predicted octanol–water partition coefficient (Wildman–Crippen LogP) is 3.58. The third kappa shape index (κ3) is 3.07. The molecule has 5 atom stereocenters. The standard InChI is InChI=1S/C30H34N2O4/c1-4-15-32-16-14-29-26-21-9-10-23(33)27(26)36-28(29)22(12-13-30(29,35)24(32)18-21)31(3)25(34)11-8-20-7-5-6-19(2)17-20/h4-11,17,22,24,28,33,35H,1,12-16,18H2,2-3H3/t22-,24-,28+,29+,30-/m1/s1. The van der Waals surface area contributed by atoms with E-state index < -0.39 is 17.1 Å². The van der Waals surface area contributed by atoms with E-state index in [1.165, 1.54) is 0 Å². The van der Waals surface area contributed by atoms with Gasteiger partial charge in [-0.25, -0.2) is 0 Å². The molecule has 1 spiro atoms. The van der Waals surface area contributed by atoms with E-state index in [1.807, 2.05) is 56.5 Å². The number of carbonyl (C=O) groups excluding carboxylic acids is 1. The van der Waals surface area contributed by atoms with Crippen LogP contribution in [0.4, 0.5) is 0 Å². The molecule has 4 aliphatic rings. The van der Waals surface area contributed by atoms with Crippen LogP contribution in [-0.4, -0.2) is 69.8 Å². The molecular formula is C30H34N2O4. The molecule has 2 aliphatic heterocycles. The fourth-order valence-electron chi connectivity index (χ4n) is 7.61. The lowest BCUT2D eigenvalue weighted by Crippen LogP contribution is -2.78. The summed E-state index contributed by atoms with van der Waals surface area (Å²) in [5, 5.41) is 23.2. The second-order valence-electron chi connectivity index (χ2n) is 10.9. The molecule has 0 aromatic heterocycles. The number of aryl methyl sites for hydroxylation is 1. The number of hydrogen-bond acceptors (Lipinski definition) is 5. The Bertz CT molecular complexity index is 1270. The minimum Gasteiger partial charge on any atom is -0.504 e. The fourth-order valence-corrected chi connectivity index (χ4v) is 7.61. The van der Waals surface area contributed by atoms with Crippen molar-refractivity contribution in [2.45, 2.75) is 61.8 Å². The summed E-state index contributed by atoms with van der Waals surface area (Å²) in [7, 11) is 1.83. The van der Waals surface area contributed by atoms with Crippen LogP contribution >= 0.6 is 0 Å². The summed E-state index contributed by atoms with van der Waals surface area (Å²) < 4.78 is 6.57. The summed E-state index contributed by atoms with van der Waals surface area (Å²) >= 11 is 0. The summed E-state index contributed by atoms with van der Waals surface area (Å²) in [6, 6.07) is 11.5. The number of phenols is 1. The van der Waals surface area contributed by atoms with Gasteiger partial charge in [-0.05, 0) is 62.4 Å². The number of phenolic OH excluding ortho intramolecular Hbond substituents is 1. The molecule has 2 heterocycles. The average Bonchev–Trinajstić information content (AvgIpc) is 3.21. The van der Waals surface area contributed by atoms with Gasteiger partial charge in [-0.15, -0.1) is 6.58 Å². The van der Waals surface area contributed by atoms with E-state index in [4.69, 9.17) is 4.74 Å². The summed E-state index contributed by atoms with van der Waals surface area (Å²) in [5.41, 5.74) is 2.56. The van der Waals surface area contributed by atoms with Crippen molar-refractivity contribution in [3.8, 4) is 11.5 Å². The molecule has 6 nitrogen and oxygen atoms in total. The van der Waals surface area contributed by atoms with Gasteiger partial charge in [-0.1, -0.05) is 42.0 Å². The van der Waals surface area contributed by atoms with Crippen molar-refractivity contribution in [3.05, 3.63) is 77.4 Å². The van der Waals surface area contributed by atoms with E-state index in [9.17, 15) is 15.0 Å². The second kappa shape index (κ2) is 8.22. The number of aliphatic hydroxyl groups is 1. The highest BCUT2D eigenvalue weighted by atomic mass is 16.5. The maximum absolute atomic E-state index is 13.3. The minimum atomic E-state index is -0.997. The van der Waals surface area contributed by atoms with Gasteiger partial charge in [-0.3, -0.25) is 9.69 Å². The number of piperidine rings is 1. The van der Waals surface area contributed by atoms with Crippen LogP contribution in [0, 0.1) is 6.92 Å². The largest absolute Gasteiger partial charge is 0.504 e. The summed E-state index contributed by atoms with van der Waals surface area (Å²) in [4.78, 5) is 17.4. The van der Waals surface area contributed by atoms with Crippen molar-refractivity contribution >= 4 is 12.0 Å². The maximum Gasteiger partial charge on any atom is 0.246 e. The second-order valence-corrected chi connectivity index (χ2v) is 10.9. The van der Waals surface area contributed by atoms with E-state index in [0.29, 0.717) is 31.4 Å². The topological polar surface area (TPSA) is 73.2 Å². The number of likely N-dealkylation sites (N-methyl/N-ethyl adjacent to an activating group) is 1.